The fourth-order valence-electron chi connectivity index (χ4n) is 3.07. The fourth-order valence-corrected chi connectivity index (χ4v) is 3.07. The van der Waals surface area contributed by atoms with Crippen molar-refractivity contribution in [3.63, 3.8) is 0 Å². The van der Waals surface area contributed by atoms with Gasteiger partial charge in [-0.15, -0.1) is 0 Å². The van der Waals surface area contributed by atoms with E-state index >= 15 is 0 Å². The molecule has 2 N–H and O–H groups in total. The highest BCUT2D eigenvalue weighted by Crippen LogP contribution is 2.24. The Bertz CT molecular complexity index is 1050. The first kappa shape index (κ1) is 24.3. The van der Waals surface area contributed by atoms with Crippen molar-refractivity contribution in [2.75, 3.05) is 0 Å². The van der Waals surface area contributed by atoms with Gasteiger partial charge in [0.1, 0.15) is 0 Å². The van der Waals surface area contributed by atoms with Crippen molar-refractivity contribution in [2.45, 2.75) is 59.9 Å². The second-order valence-corrected chi connectivity index (χ2v) is 7.74. The topological polar surface area (TPSA) is 56.7 Å². The van der Waals surface area contributed by atoms with Crippen LogP contribution in [0.5, 0.6) is 0 Å². The van der Waals surface area contributed by atoms with Gasteiger partial charge in [0.05, 0.1) is 17.4 Å². The van der Waals surface area contributed by atoms with Gasteiger partial charge in [-0.05, 0) is 50.1 Å². The molecule has 0 amide bonds. The molecule has 1 aromatic carbocycles. The lowest BCUT2D eigenvalue weighted by atomic mass is 9.98. The maximum atomic E-state index is 6.55. The maximum Gasteiger partial charge on any atom is 0.0741 e. The van der Waals surface area contributed by atoms with E-state index in [0.717, 1.165) is 39.1 Å². The van der Waals surface area contributed by atoms with Crippen LogP contribution in [0, 0.1) is 13.8 Å². The summed E-state index contributed by atoms with van der Waals surface area (Å²) in [5, 5.41) is 5.66. The molecule has 2 aromatic heterocycles. The summed E-state index contributed by atoms with van der Waals surface area (Å²) >= 11 is 0. The first-order valence-corrected chi connectivity index (χ1v) is 11.1. The standard InChI is InChI=1S/C23H26N4.C4H10/c1-5-6-10-22(27-23-11-8-7-9-19(23)15-25-27)18(4)20(24)14-21-16(2)12-13-17(3)26-21;1-3-4-2/h5-13,15,20H,4,14,24H2,1-3H3;3-4H2,1-2H3/b6-5-,22-10+;. The van der Waals surface area contributed by atoms with E-state index in [0.29, 0.717) is 6.42 Å². The molecule has 0 spiro atoms. The van der Waals surface area contributed by atoms with Crippen molar-refractivity contribution in [1.82, 2.24) is 14.8 Å². The van der Waals surface area contributed by atoms with Crippen LogP contribution in [0.2, 0.25) is 0 Å². The minimum atomic E-state index is -0.252. The summed E-state index contributed by atoms with van der Waals surface area (Å²) < 4.78 is 1.91. The molecule has 1 unspecified atom stereocenters. The summed E-state index contributed by atoms with van der Waals surface area (Å²) in [6.07, 6.45) is 11.1. The largest absolute Gasteiger partial charge is 0.324 e. The van der Waals surface area contributed by atoms with Gasteiger partial charge >= 0.3 is 0 Å². The number of hydrogen-bond acceptors (Lipinski definition) is 3. The highest BCUT2D eigenvalue weighted by Gasteiger charge is 2.17. The van der Waals surface area contributed by atoms with Crippen LogP contribution in [0.1, 0.15) is 50.6 Å². The number of allylic oxidation sites excluding steroid dienone is 3. The molecule has 0 aliphatic rings. The zero-order valence-electron chi connectivity index (χ0n) is 19.6. The minimum Gasteiger partial charge on any atom is -0.324 e. The third-order valence-corrected chi connectivity index (χ3v) is 5.18. The number of nitrogens with zero attached hydrogens (tertiary/aromatic N) is 3. The SMILES string of the molecule is C=C(/C(=C\C=C/C)n1ncc2ccccc21)C(N)Cc1nc(C)ccc1C.CCCC. The molecule has 2 heterocycles. The number of unbranched alkanes of at least 4 members (excludes halogenated alkanes) is 1. The van der Waals surface area contributed by atoms with Gasteiger partial charge in [0.25, 0.3) is 0 Å². The Hall–Kier alpha value is -2.98. The van der Waals surface area contributed by atoms with Crippen LogP contribution in [0.25, 0.3) is 16.6 Å². The van der Waals surface area contributed by atoms with E-state index in [1.165, 1.54) is 12.8 Å². The third kappa shape index (κ3) is 6.50. The van der Waals surface area contributed by atoms with Gasteiger partial charge in [-0.2, -0.15) is 5.10 Å². The van der Waals surface area contributed by atoms with E-state index in [9.17, 15) is 0 Å². The van der Waals surface area contributed by atoms with Gasteiger partial charge in [-0.1, -0.05) is 69.7 Å². The second-order valence-electron chi connectivity index (χ2n) is 7.74. The Kier molecular flexibility index (Phi) is 9.41. The number of nitrogens with two attached hydrogens (primary N) is 1. The molecule has 0 aliphatic carbocycles. The van der Waals surface area contributed by atoms with Crippen LogP contribution in [-0.4, -0.2) is 20.8 Å². The van der Waals surface area contributed by atoms with Crippen molar-refractivity contribution in [1.29, 1.82) is 0 Å². The Morgan fingerprint density at radius 3 is 2.52 bits per heavy atom. The quantitative estimate of drug-likeness (QED) is 0.454. The molecule has 4 nitrogen and oxygen atoms in total. The monoisotopic (exact) mass is 416 g/mol. The van der Waals surface area contributed by atoms with Gasteiger partial charge in [0.15, 0.2) is 0 Å². The smallest absolute Gasteiger partial charge is 0.0741 e. The number of benzene rings is 1. The molecule has 164 valence electrons. The zero-order valence-corrected chi connectivity index (χ0v) is 19.6. The van der Waals surface area contributed by atoms with E-state index in [-0.39, 0.29) is 6.04 Å². The molecule has 0 fully saturated rings. The predicted molar refractivity (Wildman–Crippen MR) is 134 cm³/mol. The normalized spacial score (nSPS) is 12.6. The van der Waals surface area contributed by atoms with Crippen LogP contribution in [0.3, 0.4) is 0 Å². The lowest BCUT2D eigenvalue weighted by Gasteiger charge is -2.19. The molecule has 0 bridgehead atoms. The number of rotatable bonds is 7. The first-order valence-electron chi connectivity index (χ1n) is 11.1. The molecule has 0 aliphatic heterocycles. The molecule has 3 rings (SSSR count). The Morgan fingerprint density at radius 2 is 1.84 bits per heavy atom. The van der Waals surface area contributed by atoms with Crippen molar-refractivity contribution in [3.05, 3.63) is 89.9 Å². The number of aromatic nitrogens is 3. The van der Waals surface area contributed by atoms with Gasteiger partial charge in [-0.3, -0.25) is 4.98 Å². The summed E-state index contributed by atoms with van der Waals surface area (Å²) in [5.74, 6) is 0. The average Bonchev–Trinajstić information content (AvgIpc) is 3.20. The van der Waals surface area contributed by atoms with Crippen LogP contribution < -0.4 is 5.73 Å². The highest BCUT2D eigenvalue weighted by molar-refractivity contribution is 5.84. The van der Waals surface area contributed by atoms with Crippen molar-refractivity contribution < 1.29 is 0 Å². The second kappa shape index (κ2) is 12.0. The molecule has 3 aromatic rings. The first-order chi connectivity index (χ1) is 14.9. The molecule has 31 heavy (non-hydrogen) atoms. The van der Waals surface area contributed by atoms with Crippen LogP contribution in [0.15, 0.2) is 73.0 Å². The van der Waals surface area contributed by atoms with E-state index in [4.69, 9.17) is 5.73 Å². The van der Waals surface area contributed by atoms with E-state index in [1.54, 1.807) is 0 Å². The van der Waals surface area contributed by atoms with Crippen molar-refractivity contribution >= 4 is 16.6 Å². The van der Waals surface area contributed by atoms with E-state index in [1.807, 2.05) is 61.2 Å². The molecule has 0 radical (unpaired) electrons. The summed E-state index contributed by atoms with van der Waals surface area (Å²) in [6.45, 7) is 14.7. The van der Waals surface area contributed by atoms with Gasteiger partial charge in [0.2, 0.25) is 0 Å². The molecular weight excluding hydrogens is 380 g/mol. The summed E-state index contributed by atoms with van der Waals surface area (Å²) in [4.78, 5) is 4.65. The Morgan fingerprint density at radius 1 is 1.13 bits per heavy atom. The van der Waals surface area contributed by atoms with Gasteiger partial charge in [0, 0.05) is 29.2 Å². The van der Waals surface area contributed by atoms with Crippen molar-refractivity contribution in [3.8, 4) is 0 Å². The number of aryl methyl sites for hydroxylation is 2. The number of pyridine rings is 1. The fraction of sp³-hybridized carbons (Fsp3) is 0.333. The number of para-hydroxylation sites is 1. The van der Waals surface area contributed by atoms with Crippen LogP contribution in [0.4, 0.5) is 0 Å². The number of hydrogen-bond donors (Lipinski definition) is 1. The predicted octanol–water partition coefficient (Wildman–Crippen LogP) is 6.40. The van der Waals surface area contributed by atoms with E-state index < -0.39 is 0 Å². The Labute approximate surface area is 187 Å². The Balaban J connectivity index is 0.000000785. The van der Waals surface area contributed by atoms with E-state index in [2.05, 4.69) is 55.6 Å². The molecular formula is C27H36N4. The third-order valence-electron chi connectivity index (χ3n) is 5.18. The minimum absolute atomic E-state index is 0.252. The summed E-state index contributed by atoms with van der Waals surface area (Å²) in [5.41, 5.74) is 12.5. The lowest BCUT2D eigenvalue weighted by Crippen LogP contribution is -2.28. The molecule has 4 heteroatoms. The molecule has 0 saturated heterocycles. The maximum absolute atomic E-state index is 6.55. The number of fused-ring (bicyclic) bond motifs is 1. The van der Waals surface area contributed by atoms with Gasteiger partial charge < -0.3 is 5.73 Å². The lowest BCUT2D eigenvalue weighted by molar-refractivity contribution is 0.745. The van der Waals surface area contributed by atoms with Crippen molar-refractivity contribution in [2.24, 2.45) is 5.73 Å². The van der Waals surface area contributed by atoms with Gasteiger partial charge in [-0.25, -0.2) is 4.68 Å². The molecule has 0 saturated carbocycles. The summed E-state index contributed by atoms with van der Waals surface area (Å²) in [6, 6.07) is 12.0. The van der Waals surface area contributed by atoms with Crippen LogP contribution >= 0.6 is 0 Å². The molecule has 1 atom stereocenters. The van der Waals surface area contributed by atoms with Crippen LogP contribution in [-0.2, 0) is 6.42 Å². The zero-order chi connectivity index (χ0) is 22.8. The highest BCUT2D eigenvalue weighted by atomic mass is 15.3. The average molecular weight is 417 g/mol. The summed E-state index contributed by atoms with van der Waals surface area (Å²) in [7, 11) is 0.